The van der Waals surface area contributed by atoms with Gasteiger partial charge in [0.05, 0.1) is 22.6 Å². The molecule has 150 valence electrons. The summed E-state index contributed by atoms with van der Waals surface area (Å²) in [5.74, 6) is -0.895. The van der Waals surface area contributed by atoms with E-state index in [9.17, 15) is 9.59 Å². The number of para-hydroxylation sites is 1. The Bertz CT molecular complexity index is 1000. The summed E-state index contributed by atoms with van der Waals surface area (Å²) in [6.07, 6.45) is 0. The number of piperazine rings is 1. The number of carbonyl (C=O) groups is 2. The maximum Gasteiger partial charge on any atom is 0.295 e. The average Bonchev–Trinajstić information content (AvgIpc) is 3.35. The molecular formula is C22H24N4O2S. The minimum atomic E-state index is -0.464. The Kier molecular flexibility index (Phi) is 5.60. The lowest BCUT2D eigenvalue weighted by atomic mass is 10.1. The van der Waals surface area contributed by atoms with Gasteiger partial charge < -0.3 is 4.90 Å². The van der Waals surface area contributed by atoms with Crippen LogP contribution < -0.4 is 0 Å². The first kappa shape index (κ1) is 19.5. The number of thiophene rings is 1. The Balaban J connectivity index is 1.45. The topological polar surface area (TPSA) is 58.4 Å². The van der Waals surface area contributed by atoms with Gasteiger partial charge in [0.2, 0.25) is 0 Å². The summed E-state index contributed by atoms with van der Waals surface area (Å²) in [5.41, 5.74) is 2.58. The summed E-state index contributed by atoms with van der Waals surface area (Å²) in [7, 11) is 0. The number of aromatic nitrogens is 2. The maximum absolute atomic E-state index is 13.0. The van der Waals surface area contributed by atoms with Gasteiger partial charge in [-0.05, 0) is 37.4 Å². The van der Waals surface area contributed by atoms with Gasteiger partial charge in [-0.15, -0.1) is 11.3 Å². The number of aryl methyl sites for hydroxylation is 1. The molecule has 0 radical (unpaired) electrons. The molecule has 0 unspecified atom stereocenters. The van der Waals surface area contributed by atoms with Gasteiger partial charge >= 0.3 is 0 Å². The van der Waals surface area contributed by atoms with E-state index in [4.69, 9.17) is 0 Å². The van der Waals surface area contributed by atoms with Crippen molar-refractivity contribution >= 4 is 23.0 Å². The van der Waals surface area contributed by atoms with Crippen molar-refractivity contribution in [2.24, 2.45) is 0 Å². The molecule has 1 amide bonds. The fourth-order valence-electron chi connectivity index (χ4n) is 3.77. The summed E-state index contributed by atoms with van der Waals surface area (Å²) in [5, 5.41) is 6.58. The average molecular weight is 409 g/mol. The number of amides is 1. The molecule has 1 fully saturated rings. The normalized spacial score (nSPS) is 14.9. The molecule has 0 N–H and O–H groups in total. The molecule has 0 bridgehead atoms. The molecule has 29 heavy (non-hydrogen) atoms. The van der Waals surface area contributed by atoms with Crippen LogP contribution in [0.15, 0.2) is 47.8 Å². The zero-order valence-electron chi connectivity index (χ0n) is 16.7. The van der Waals surface area contributed by atoms with Crippen molar-refractivity contribution < 1.29 is 9.59 Å². The predicted octanol–water partition coefficient (Wildman–Crippen LogP) is 3.08. The summed E-state index contributed by atoms with van der Waals surface area (Å²) in [4.78, 5) is 31.2. The number of rotatable bonds is 5. The van der Waals surface area contributed by atoms with Gasteiger partial charge in [-0.2, -0.15) is 5.10 Å². The van der Waals surface area contributed by atoms with Gasteiger partial charge in [0.15, 0.2) is 0 Å². The molecular weight excluding hydrogens is 384 g/mol. The van der Waals surface area contributed by atoms with Crippen LogP contribution in [-0.4, -0.2) is 57.4 Å². The van der Waals surface area contributed by atoms with Crippen LogP contribution in [0.3, 0.4) is 0 Å². The summed E-state index contributed by atoms with van der Waals surface area (Å²) in [6.45, 7) is 7.21. The third-order valence-electron chi connectivity index (χ3n) is 5.33. The van der Waals surface area contributed by atoms with Crippen molar-refractivity contribution in [2.75, 3.05) is 26.2 Å². The van der Waals surface area contributed by atoms with Gasteiger partial charge in [0, 0.05) is 37.6 Å². The molecule has 6 nitrogen and oxygen atoms in total. The highest BCUT2D eigenvalue weighted by molar-refractivity contribution is 7.09. The number of benzene rings is 1. The van der Waals surface area contributed by atoms with E-state index in [-0.39, 0.29) is 0 Å². The largest absolute Gasteiger partial charge is 0.333 e. The number of ketones is 1. The highest BCUT2D eigenvalue weighted by atomic mass is 32.1. The van der Waals surface area contributed by atoms with E-state index in [1.807, 2.05) is 37.3 Å². The summed E-state index contributed by atoms with van der Waals surface area (Å²) >= 11 is 1.74. The Morgan fingerprint density at radius 3 is 2.38 bits per heavy atom. The Labute approximate surface area is 174 Å². The number of hydrogen-bond acceptors (Lipinski definition) is 5. The van der Waals surface area contributed by atoms with E-state index in [2.05, 4.69) is 27.5 Å². The SMILES string of the molecule is Cc1nn(-c2ccccc2)c(C)c1C(=O)C(=O)N1CCN(Cc2cccs2)CC1. The van der Waals surface area contributed by atoms with E-state index < -0.39 is 11.7 Å². The van der Waals surface area contributed by atoms with E-state index in [0.29, 0.717) is 30.0 Å². The lowest BCUT2D eigenvalue weighted by Gasteiger charge is -2.34. The smallest absolute Gasteiger partial charge is 0.295 e. The van der Waals surface area contributed by atoms with Crippen molar-refractivity contribution in [3.05, 3.63) is 69.7 Å². The van der Waals surface area contributed by atoms with Crippen molar-refractivity contribution in [1.82, 2.24) is 19.6 Å². The van der Waals surface area contributed by atoms with Crippen LogP contribution >= 0.6 is 11.3 Å². The number of Topliss-reactive ketones (excluding diaryl/α,β-unsaturated/α-hetero) is 1. The monoisotopic (exact) mass is 408 g/mol. The molecule has 3 heterocycles. The van der Waals surface area contributed by atoms with Crippen LogP contribution in [0.4, 0.5) is 0 Å². The predicted molar refractivity (Wildman–Crippen MR) is 114 cm³/mol. The third-order valence-corrected chi connectivity index (χ3v) is 6.19. The molecule has 0 atom stereocenters. The minimum absolute atomic E-state index is 0.417. The van der Waals surface area contributed by atoms with Gasteiger partial charge in [-0.25, -0.2) is 4.68 Å². The highest BCUT2D eigenvalue weighted by Crippen LogP contribution is 2.20. The molecule has 3 aromatic rings. The molecule has 0 saturated carbocycles. The fourth-order valence-corrected chi connectivity index (χ4v) is 4.52. The second-order valence-electron chi connectivity index (χ2n) is 7.27. The van der Waals surface area contributed by atoms with Crippen LogP contribution in [0.2, 0.25) is 0 Å². The quantitative estimate of drug-likeness (QED) is 0.481. The fraction of sp³-hybridized carbons (Fsp3) is 0.318. The lowest BCUT2D eigenvalue weighted by molar-refractivity contribution is -0.128. The zero-order chi connectivity index (χ0) is 20.4. The number of hydrogen-bond donors (Lipinski definition) is 0. The van der Waals surface area contributed by atoms with E-state index in [1.54, 1.807) is 27.8 Å². The van der Waals surface area contributed by atoms with Crippen LogP contribution in [0.1, 0.15) is 26.6 Å². The Morgan fingerprint density at radius 2 is 1.72 bits per heavy atom. The molecule has 4 rings (SSSR count). The standard InChI is InChI=1S/C22H24N4O2S/c1-16-20(17(2)26(23-16)18-7-4-3-5-8-18)21(27)22(28)25-12-10-24(11-13-25)15-19-9-6-14-29-19/h3-9,14H,10-13,15H2,1-2H3. The molecule has 0 aliphatic carbocycles. The molecule has 0 spiro atoms. The maximum atomic E-state index is 13.0. The molecule has 7 heteroatoms. The van der Waals surface area contributed by atoms with Gasteiger partial charge in [0.1, 0.15) is 0 Å². The molecule has 1 saturated heterocycles. The Hall–Kier alpha value is -2.77. The Morgan fingerprint density at radius 1 is 1.00 bits per heavy atom. The van der Waals surface area contributed by atoms with Gasteiger partial charge in [-0.1, -0.05) is 24.3 Å². The van der Waals surface area contributed by atoms with Crippen LogP contribution in [0.25, 0.3) is 5.69 Å². The van der Waals surface area contributed by atoms with Crippen molar-refractivity contribution in [1.29, 1.82) is 0 Å². The van der Waals surface area contributed by atoms with Crippen molar-refractivity contribution in [3.63, 3.8) is 0 Å². The second-order valence-corrected chi connectivity index (χ2v) is 8.30. The molecule has 1 aliphatic rings. The first-order valence-corrected chi connectivity index (χ1v) is 10.6. The summed E-state index contributed by atoms with van der Waals surface area (Å²) in [6, 6.07) is 13.8. The summed E-state index contributed by atoms with van der Waals surface area (Å²) < 4.78 is 1.73. The zero-order valence-corrected chi connectivity index (χ0v) is 17.5. The van der Waals surface area contributed by atoms with E-state index >= 15 is 0 Å². The van der Waals surface area contributed by atoms with Crippen molar-refractivity contribution in [2.45, 2.75) is 20.4 Å². The lowest BCUT2D eigenvalue weighted by Crippen LogP contribution is -2.50. The van der Waals surface area contributed by atoms with E-state index in [0.717, 1.165) is 25.3 Å². The van der Waals surface area contributed by atoms with E-state index in [1.165, 1.54) is 4.88 Å². The van der Waals surface area contributed by atoms with Crippen molar-refractivity contribution in [3.8, 4) is 5.69 Å². The molecule has 1 aromatic carbocycles. The molecule has 1 aliphatic heterocycles. The third kappa shape index (κ3) is 4.02. The van der Waals surface area contributed by atoms with Crippen LogP contribution in [0.5, 0.6) is 0 Å². The molecule has 2 aromatic heterocycles. The first-order valence-electron chi connectivity index (χ1n) is 9.74. The highest BCUT2D eigenvalue weighted by Gasteiger charge is 2.30. The number of carbonyl (C=O) groups excluding carboxylic acids is 2. The second kappa shape index (κ2) is 8.31. The van der Waals surface area contributed by atoms with Crippen LogP contribution in [0, 0.1) is 13.8 Å². The van der Waals surface area contributed by atoms with Gasteiger partial charge in [-0.3, -0.25) is 14.5 Å². The number of nitrogens with zero attached hydrogens (tertiary/aromatic N) is 4. The first-order chi connectivity index (χ1) is 14.0. The minimum Gasteiger partial charge on any atom is -0.333 e. The van der Waals surface area contributed by atoms with Crippen LogP contribution in [-0.2, 0) is 11.3 Å². The van der Waals surface area contributed by atoms with Gasteiger partial charge in [0.25, 0.3) is 11.7 Å².